The Morgan fingerprint density at radius 3 is 2.29 bits per heavy atom. The fourth-order valence-electron chi connectivity index (χ4n) is 4.30. The zero-order valence-electron chi connectivity index (χ0n) is 17.2. The number of carbonyl (C=O) groups excluding carboxylic acids is 1. The van der Waals surface area contributed by atoms with Crippen molar-refractivity contribution in [3.8, 4) is 11.5 Å². The number of halogens is 1. The molecule has 0 spiro atoms. The molecule has 1 N–H and O–H groups in total. The number of hydrogen-bond acceptors (Lipinski definition) is 4. The molecule has 5 nitrogen and oxygen atoms in total. The summed E-state index contributed by atoms with van der Waals surface area (Å²) in [5.41, 5.74) is 1.26. The van der Waals surface area contributed by atoms with E-state index in [1.165, 1.54) is 12.0 Å². The first-order chi connectivity index (χ1) is 13.2. The lowest BCUT2D eigenvalue weighted by molar-refractivity contribution is -0.132. The largest absolute Gasteiger partial charge is 0.497 e. The molecular formula is C22H35ClN2O3. The van der Waals surface area contributed by atoms with Crippen molar-refractivity contribution in [3.05, 3.63) is 23.8 Å². The average molecular weight is 411 g/mol. The van der Waals surface area contributed by atoms with Crippen LogP contribution in [0.5, 0.6) is 11.5 Å². The third kappa shape index (κ3) is 6.56. The number of methoxy groups -OCH3 is 2. The van der Waals surface area contributed by atoms with E-state index >= 15 is 0 Å². The molecule has 0 aliphatic carbocycles. The minimum absolute atomic E-state index is 0. The number of hydrogen-bond donors (Lipinski definition) is 1. The number of piperidine rings is 1. The summed E-state index contributed by atoms with van der Waals surface area (Å²) in [6.07, 6.45) is 7.43. The van der Waals surface area contributed by atoms with Crippen LogP contribution in [0.1, 0.15) is 44.1 Å². The van der Waals surface area contributed by atoms with Gasteiger partial charge >= 0.3 is 0 Å². The number of nitrogens with one attached hydrogen (secondary N) is 1. The van der Waals surface area contributed by atoms with Gasteiger partial charge in [-0.05, 0) is 81.1 Å². The van der Waals surface area contributed by atoms with Crippen LogP contribution in [0.3, 0.4) is 0 Å². The van der Waals surface area contributed by atoms with Gasteiger partial charge in [0.25, 0.3) is 0 Å². The molecule has 1 aromatic carbocycles. The predicted octanol–water partition coefficient (Wildman–Crippen LogP) is 3.69. The lowest BCUT2D eigenvalue weighted by atomic mass is 9.90. The first kappa shape index (κ1) is 22.8. The van der Waals surface area contributed by atoms with Crippen LogP contribution >= 0.6 is 12.4 Å². The molecule has 1 amide bonds. The maximum absolute atomic E-state index is 12.5. The van der Waals surface area contributed by atoms with Gasteiger partial charge in [-0.25, -0.2) is 0 Å². The third-order valence-electron chi connectivity index (χ3n) is 6.15. The summed E-state index contributed by atoms with van der Waals surface area (Å²) in [5, 5.41) is 3.38. The molecule has 0 bridgehead atoms. The Morgan fingerprint density at radius 1 is 1.04 bits per heavy atom. The summed E-state index contributed by atoms with van der Waals surface area (Å²) in [5.74, 6) is 3.46. The molecule has 0 aromatic heterocycles. The summed E-state index contributed by atoms with van der Waals surface area (Å²) in [4.78, 5) is 14.6. The van der Waals surface area contributed by atoms with E-state index in [4.69, 9.17) is 9.47 Å². The Hall–Kier alpha value is -1.46. The maximum Gasteiger partial charge on any atom is 0.222 e. The number of rotatable bonds is 8. The molecule has 2 saturated heterocycles. The maximum atomic E-state index is 12.5. The zero-order valence-corrected chi connectivity index (χ0v) is 18.1. The second-order valence-corrected chi connectivity index (χ2v) is 7.98. The molecule has 2 heterocycles. The monoisotopic (exact) mass is 410 g/mol. The topological polar surface area (TPSA) is 50.8 Å². The smallest absolute Gasteiger partial charge is 0.222 e. The summed E-state index contributed by atoms with van der Waals surface area (Å²) in [6, 6.07) is 6.10. The number of likely N-dealkylation sites (tertiary alicyclic amines) is 1. The van der Waals surface area contributed by atoms with E-state index in [2.05, 4.69) is 22.3 Å². The van der Waals surface area contributed by atoms with Gasteiger partial charge in [-0.15, -0.1) is 12.4 Å². The van der Waals surface area contributed by atoms with Crippen molar-refractivity contribution < 1.29 is 14.3 Å². The zero-order chi connectivity index (χ0) is 19.1. The van der Waals surface area contributed by atoms with Gasteiger partial charge in [0.1, 0.15) is 11.5 Å². The molecule has 2 aliphatic heterocycles. The fraction of sp³-hybridized carbons (Fsp3) is 0.682. The van der Waals surface area contributed by atoms with Gasteiger partial charge in [0.05, 0.1) is 14.2 Å². The minimum atomic E-state index is 0. The first-order valence-electron chi connectivity index (χ1n) is 10.4. The van der Waals surface area contributed by atoms with Crippen molar-refractivity contribution in [2.24, 2.45) is 11.8 Å². The number of amides is 1. The van der Waals surface area contributed by atoms with Crippen molar-refractivity contribution in [2.45, 2.75) is 44.9 Å². The highest BCUT2D eigenvalue weighted by molar-refractivity contribution is 5.85. The summed E-state index contributed by atoms with van der Waals surface area (Å²) in [6.45, 7) is 4.05. The molecule has 1 aromatic rings. The van der Waals surface area contributed by atoms with Gasteiger partial charge in [-0.1, -0.05) is 0 Å². The van der Waals surface area contributed by atoms with Crippen LogP contribution < -0.4 is 14.8 Å². The van der Waals surface area contributed by atoms with Crippen molar-refractivity contribution in [1.82, 2.24) is 10.2 Å². The molecule has 2 fully saturated rings. The molecule has 0 radical (unpaired) electrons. The highest BCUT2D eigenvalue weighted by atomic mass is 35.5. The molecule has 0 saturated carbocycles. The van der Waals surface area contributed by atoms with E-state index in [0.717, 1.165) is 76.2 Å². The fourth-order valence-corrected chi connectivity index (χ4v) is 4.30. The molecular weight excluding hydrogens is 376 g/mol. The molecule has 6 heteroatoms. The summed E-state index contributed by atoms with van der Waals surface area (Å²) >= 11 is 0. The lowest BCUT2D eigenvalue weighted by Gasteiger charge is -2.32. The highest BCUT2D eigenvalue weighted by Gasteiger charge is 2.24. The molecule has 1 atom stereocenters. The molecule has 2 aliphatic rings. The number of aryl methyl sites for hydroxylation is 1. The van der Waals surface area contributed by atoms with E-state index in [9.17, 15) is 4.79 Å². The van der Waals surface area contributed by atoms with Crippen molar-refractivity contribution in [2.75, 3.05) is 40.4 Å². The van der Waals surface area contributed by atoms with Crippen molar-refractivity contribution in [3.63, 3.8) is 0 Å². The minimum Gasteiger partial charge on any atom is -0.497 e. The molecule has 28 heavy (non-hydrogen) atoms. The van der Waals surface area contributed by atoms with Crippen LogP contribution in [0, 0.1) is 11.8 Å². The van der Waals surface area contributed by atoms with Crippen LogP contribution in [0.4, 0.5) is 0 Å². The van der Waals surface area contributed by atoms with Gasteiger partial charge in [0.2, 0.25) is 5.91 Å². The van der Waals surface area contributed by atoms with Crippen LogP contribution in [-0.4, -0.2) is 51.2 Å². The van der Waals surface area contributed by atoms with E-state index in [0.29, 0.717) is 17.7 Å². The Morgan fingerprint density at radius 2 is 1.71 bits per heavy atom. The van der Waals surface area contributed by atoms with Gasteiger partial charge in [0, 0.05) is 25.6 Å². The number of nitrogens with zero attached hydrogens (tertiary/aromatic N) is 1. The standard InChI is InChI=1S/C22H34N2O3.ClH/c1-26-20-13-19(14-21(15-20)27-2)4-3-17-8-11-24(12-9-17)22(25)6-5-18-7-10-23-16-18;/h13-15,17-18,23H,3-12,16H2,1-2H3;1H. The van der Waals surface area contributed by atoms with E-state index < -0.39 is 0 Å². The Bertz CT molecular complexity index is 590. The second kappa shape index (κ2) is 11.5. The SMILES string of the molecule is COc1cc(CCC2CCN(C(=O)CCC3CCNC3)CC2)cc(OC)c1.Cl. The van der Waals surface area contributed by atoms with Crippen LogP contribution in [0.2, 0.25) is 0 Å². The average Bonchev–Trinajstić information content (AvgIpc) is 3.24. The summed E-state index contributed by atoms with van der Waals surface area (Å²) in [7, 11) is 3.38. The predicted molar refractivity (Wildman–Crippen MR) is 115 cm³/mol. The molecule has 3 rings (SSSR count). The molecule has 1 unspecified atom stereocenters. The van der Waals surface area contributed by atoms with Gasteiger partial charge in [0.15, 0.2) is 0 Å². The Balaban J connectivity index is 0.00000280. The van der Waals surface area contributed by atoms with E-state index in [1.807, 2.05) is 6.07 Å². The van der Waals surface area contributed by atoms with Crippen LogP contribution in [0.25, 0.3) is 0 Å². The van der Waals surface area contributed by atoms with Gasteiger partial charge < -0.3 is 19.7 Å². The van der Waals surface area contributed by atoms with E-state index in [-0.39, 0.29) is 12.4 Å². The Kier molecular flexibility index (Phi) is 9.39. The third-order valence-corrected chi connectivity index (χ3v) is 6.15. The van der Waals surface area contributed by atoms with Crippen molar-refractivity contribution >= 4 is 18.3 Å². The first-order valence-corrected chi connectivity index (χ1v) is 10.4. The number of ether oxygens (including phenoxy) is 2. The van der Waals surface area contributed by atoms with Crippen LogP contribution in [0.15, 0.2) is 18.2 Å². The van der Waals surface area contributed by atoms with Gasteiger partial charge in [-0.3, -0.25) is 4.79 Å². The van der Waals surface area contributed by atoms with Crippen LogP contribution in [-0.2, 0) is 11.2 Å². The number of benzene rings is 1. The normalized spacial score (nSPS) is 19.9. The Labute approximate surface area is 175 Å². The number of carbonyl (C=O) groups is 1. The quantitative estimate of drug-likeness (QED) is 0.710. The summed E-state index contributed by atoms with van der Waals surface area (Å²) < 4.78 is 10.7. The van der Waals surface area contributed by atoms with Crippen molar-refractivity contribution in [1.29, 1.82) is 0 Å². The second-order valence-electron chi connectivity index (χ2n) is 7.98. The van der Waals surface area contributed by atoms with E-state index in [1.54, 1.807) is 14.2 Å². The van der Waals surface area contributed by atoms with Gasteiger partial charge in [-0.2, -0.15) is 0 Å². The molecule has 158 valence electrons. The highest BCUT2D eigenvalue weighted by Crippen LogP contribution is 2.27. The lowest BCUT2D eigenvalue weighted by Crippen LogP contribution is -2.38.